The van der Waals surface area contributed by atoms with Crippen molar-refractivity contribution in [3.8, 4) is 11.5 Å². The average Bonchev–Trinajstić information content (AvgIpc) is 2.94. The summed E-state index contributed by atoms with van der Waals surface area (Å²) in [6.45, 7) is 0. The second-order valence-corrected chi connectivity index (χ2v) is 6.36. The Morgan fingerprint density at radius 2 is 1.57 bits per heavy atom. The molecule has 1 aliphatic heterocycles. The van der Waals surface area contributed by atoms with E-state index in [0.29, 0.717) is 16.3 Å². The number of nitrogens with zero attached hydrogens (tertiary/aromatic N) is 1. The number of amides is 2. The molecule has 0 aromatic heterocycles. The van der Waals surface area contributed by atoms with Crippen LogP contribution in [-0.4, -0.2) is 35.1 Å². The summed E-state index contributed by atoms with van der Waals surface area (Å²) in [4.78, 5) is 37.8. The van der Waals surface area contributed by atoms with Crippen LogP contribution in [0.3, 0.4) is 0 Å². The number of hydrogen-bond donors (Lipinski definition) is 2. The van der Waals surface area contributed by atoms with Gasteiger partial charge in [0.2, 0.25) is 0 Å². The third-order valence-corrected chi connectivity index (χ3v) is 4.73. The van der Waals surface area contributed by atoms with Gasteiger partial charge in [0.05, 0.1) is 30.3 Å². The number of ether oxygens (including phenoxy) is 1. The number of aliphatic carboxylic acids is 1. The number of fused-ring (bicyclic) bond motifs is 2. The van der Waals surface area contributed by atoms with Crippen LogP contribution < -0.4 is 9.64 Å². The summed E-state index contributed by atoms with van der Waals surface area (Å²) in [7, 11) is 1.40. The second kappa shape index (κ2) is 6.38. The first kappa shape index (κ1) is 17.5. The van der Waals surface area contributed by atoms with Crippen molar-refractivity contribution in [3.05, 3.63) is 65.2 Å². The van der Waals surface area contributed by atoms with Crippen molar-refractivity contribution >= 4 is 34.2 Å². The Bertz CT molecular complexity index is 1150. The van der Waals surface area contributed by atoms with E-state index >= 15 is 0 Å². The molecule has 1 aliphatic rings. The number of phenolic OH excluding ortho intramolecular Hbond substituents is 1. The van der Waals surface area contributed by atoms with Crippen LogP contribution in [0.1, 0.15) is 26.3 Å². The predicted octanol–water partition coefficient (Wildman–Crippen LogP) is 2.98. The van der Waals surface area contributed by atoms with E-state index in [1.807, 2.05) is 0 Å². The average molecular weight is 377 g/mol. The summed E-state index contributed by atoms with van der Waals surface area (Å²) in [5, 5.41) is 20.5. The number of carboxylic acid groups (broad SMARTS) is 1. The molecule has 3 aromatic rings. The number of rotatable bonds is 4. The number of phenols is 1. The minimum atomic E-state index is -0.977. The number of anilines is 1. The van der Waals surface area contributed by atoms with Gasteiger partial charge in [-0.2, -0.15) is 0 Å². The molecule has 0 saturated carbocycles. The van der Waals surface area contributed by atoms with Crippen LogP contribution in [-0.2, 0) is 11.2 Å². The molecule has 0 unspecified atom stereocenters. The summed E-state index contributed by atoms with van der Waals surface area (Å²) >= 11 is 0. The van der Waals surface area contributed by atoms with Gasteiger partial charge in [-0.15, -0.1) is 0 Å². The highest BCUT2D eigenvalue weighted by Gasteiger charge is 2.42. The van der Waals surface area contributed by atoms with Gasteiger partial charge in [-0.25, -0.2) is 4.90 Å². The van der Waals surface area contributed by atoms with E-state index in [4.69, 9.17) is 9.84 Å². The monoisotopic (exact) mass is 377 g/mol. The molecule has 2 N–H and O–H groups in total. The molecular formula is C21H15NO6. The molecule has 28 heavy (non-hydrogen) atoms. The molecule has 7 heteroatoms. The topological polar surface area (TPSA) is 104 Å². The van der Waals surface area contributed by atoms with Crippen molar-refractivity contribution in [3.63, 3.8) is 0 Å². The summed E-state index contributed by atoms with van der Waals surface area (Å²) in [5.74, 6) is -2.28. The second-order valence-electron chi connectivity index (χ2n) is 6.36. The standard InChI is InChI=1S/C21H15NO6/c1-28-19-14-5-3-2-4-13(14)18(25)16-17(19)21(27)22(20(16)26)12-8-6-11(7-9-12)10-15(23)24/h2-9,25H,10H2,1H3,(H,23,24). The number of carboxylic acids is 1. The van der Waals surface area contributed by atoms with Crippen LogP contribution in [0.25, 0.3) is 10.8 Å². The number of hydrogen-bond acceptors (Lipinski definition) is 5. The lowest BCUT2D eigenvalue weighted by Gasteiger charge is -2.14. The van der Waals surface area contributed by atoms with Crippen molar-refractivity contribution < 1.29 is 29.3 Å². The van der Waals surface area contributed by atoms with Crippen LogP contribution in [0.2, 0.25) is 0 Å². The van der Waals surface area contributed by atoms with Crippen LogP contribution in [0, 0.1) is 0 Å². The molecule has 0 aliphatic carbocycles. The Morgan fingerprint density at radius 3 is 2.18 bits per heavy atom. The summed E-state index contributed by atoms with van der Waals surface area (Å²) < 4.78 is 5.42. The zero-order chi connectivity index (χ0) is 20.0. The maximum absolute atomic E-state index is 13.1. The first-order valence-corrected chi connectivity index (χ1v) is 8.45. The van der Waals surface area contributed by atoms with Crippen molar-refractivity contribution in [2.75, 3.05) is 12.0 Å². The lowest BCUT2D eigenvalue weighted by molar-refractivity contribution is -0.136. The molecule has 0 atom stereocenters. The van der Waals surface area contributed by atoms with Gasteiger partial charge >= 0.3 is 5.97 Å². The quantitative estimate of drug-likeness (QED) is 0.678. The van der Waals surface area contributed by atoms with E-state index in [1.165, 1.54) is 19.2 Å². The molecule has 4 rings (SSSR count). The lowest BCUT2D eigenvalue weighted by atomic mass is 9.99. The fourth-order valence-corrected chi connectivity index (χ4v) is 3.50. The molecule has 140 valence electrons. The van der Waals surface area contributed by atoms with E-state index in [0.717, 1.165) is 4.90 Å². The number of imide groups is 1. The largest absolute Gasteiger partial charge is 0.506 e. The normalized spacial score (nSPS) is 13.1. The first-order chi connectivity index (χ1) is 13.4. The Kier molecular flexibility index (Phi) is 4.00. The van der Waals surface area contributed by atoms with Gasteiger partial charge in [0.1, 0.15) is 11.5 Å². The van der Waals surface area contributed by atoms with Gasteiger partial charge < -0.3 is 14.9 Å². The molecule has 0 bridgehead atoms. The minimum Gasteiger partial charge on any atom is -0.506 e. The molecule has 2 amide bonds. The number of carbonyl (C=O) groups excluding carboxylic acids is 2. The molecule has 7 nitrogen and oxygen atoms in total. The molecule has 0 radical (unpaired) electrons. The van der Waals surface area contributed by atoms with Crippen LogP contribution >= 0.6 is 0 Å². The predicted molar refractivity (Wildman–Crippen MR) is 101 cm³/mol. The van der Waals surface area contributed by atoms with Crippen molar-refractivity contribution in [1.29, 1.82) is 0 Å². The Morgan fingerprint density at radius 1 is 0.964 bits per heavy atom. The number of carbonyl (C=O) groups is 3. The molecule has 0 spiro atoms. The van der Waals surface area contributed by atoms with Crippen LogP contribution in [0.4, 0.5) is 5.69 Å². The molecule has 3 aromatic carbocycles. The van der Waals surface area contributed by atoms with Gasteiger partial charge in [0.25, 0.3) is 11.8 Å². The van der Waals surface area contributed by atoms with E-state index in [-0.39, 0.29) is 34.7 Å². The summed E-state index contributed by atoms with van der Waals surface area (Å²) in [6, 6.07) is 12.9. The molecular weight excluding hydrogens is 362 g/mol. The van der Waals surface area contributed by atoms with E-state index < -0.39 is 17.8 Å². The third kappa shape index (κ3) is 2.48. The maximum atomic E-state index is 13.1. The van der Waals surface area contributed by atoms with E-state index in [1.54, 1.807) is 36.4 Å². The molecule has 0 saturated heterocycles. The lowest BCUT2D eigenvalue weighted by Crippen LogP contribution is -2.29. The van der Waals surface area contributed by atoms with Crippen LogP contribution in [0.5, 0.6) is 11.5 Å². The highest BCUT2D eigenvalue weighted by Crippen LogP contribution is 2.45. The number of aromatic hydroxyl groups is 1. The maximum Gasteiger partial charge on any atom is 0.307 e. The van der Waals surface area contributed by atoms with Crippen LogP contribution in [0.15, 0.2) is 48.5 Å². The van der Waals surface area contributed by atoms with E-state index in [2.05, 4.69) is 0 Å². The first-order valence-electron chi connectivity index (χ1n) is 8.45. The molecule has 1 heterocycles. The van der Waals surface area contributed by atoms with Gasteiger partial charge in [-0.1, -0.05) is 36.4 Å². The highest BCUT2D eigenvalue weighted by atomic mass is 16.5. The Hall–Kier alpha value is -3.87. The summed E-state index contributed by atoms with van der Waals surface area (Å²) in [6.07, 6.45) is -0.164. The van der Waals surface area contributed by atoms with E-state index in [9.17, 15) is 19.5 Å². The highest BCUT2D eigenvalue weighted by molar-refractivity contribution is 6.38. The fourth-order valence-electron chi connectivity index (χ4n) is 3.50. The third-order valence-electron chi connectivity index (χ3n) is 4.73. The van der Waals surface area contributed by atoms with Gasteiger partial charge in [-0.05, 0) is 17.7 Å². The van der Waals surface area contributed by atoms with Crippen molar-refractivity contribution in [2.24, 2.45) is 0 Å². The van der Waals surface area contributed by atoms with Gasteiger partial charge in [0.15, 0.2) is 0 Å². The smallest absolute Gasteiger partial charge is 0.307 e. The molecule has 0 fully saturated rings. The zero-order valence-corrected chi connectivity index (χ0v) is 14.8. The fraction of sp³-hybridized carbons (Fsp3) is 0.0952. The zero-order valence-electron chi connectivity index (χ0n) is 14.8. The van der Waals surface area contributed by atoms with Gasteiger partial charge in [-0.3, -0.25) is 14.4 Å². The minimum absolute atomic E-state index is 0.0123. The number of benzene rings is 3. The Balaban J connectivity index is 1.86. The van der Waals surface area contributed by atoms with Crippen molar-refractivity contribution in [1.82, 2.24) is 0 Å². The number of methoxy groups -OCH3 is 1. The Labute approximate surface area is 159 Å². The SMILES string of the molecule is COc1c2c(c(O)c3ccccc13)C(=O)N(c1ccc(CC(=O)O)cc1)C2=O. The van der Waals surface area contributed by atoms with Gasteiger partial charge in [0, 0.05) is 10.8 Å². The van der Waals surface area contributed by atoms with Crippen molar-refractivity contribution in [2.45, 2.75) is 6.42 Å². The summed E-state index contributed by atoms with van der Waals surface area (Å²) in [5.41, 5.74) is 0.735.